The molecule has 0 fully saturated rings. The summed E-state index contributed by atoms with van der Waals surface area (Å²) in [6, 6.07) is 9.76. The molecule has 3 N–H and O–H groups in total. The van der Waals surface area contributed by atoms with Crippen molar-refractivity contribution >= 4 is 17.6 Å². The van der Waals surface area contributed by atoms with Crippen LogP contribution in [0.5, 0.6) is 0 Å². The first-order chi connectivity index (χ1) is 12.0. The molecule has 7 nitrogen and oxygen atoms in total. The van der Waals surface area contributed by atoms with Gasteiger partial charge >= 0.3 is 6.03 Å². The minimum Gasteiger partial charge on any atom is -0.352 e. The summed E-state index contributed by atoms with van der Waals surface area (Å²) in [5.74, 6) is 0.254. The lowest BCUT2D eigenvalue weighted by molar-refractivity contribution is 0.0534. The summed E-state index contributed by atoms with van der Waals surface area (Å²) in [5.41, 5.74) is 4.24. The van der Waals surface area contributed by atoms with Gasteiger partial charge < -0.3 is 10.6 Å². The molecule has 0 aliphatic rings. The molecule has 1 heterocycles. The molecule has 0 atom stereocenters. The maximum atomic E-state index is 11.9. The molecule has 0 aliphatic heterocycles. The number of carbonyl (C=O) groups is 2. The molecule has 2 aromatic rings. The Morgan fingerprint density at radius 3 is 2.56 bits per heavy atom. The van der Waals surface area contributed by atoms with E-state index in [4.69, 9.17) is 4.84 Å². The fourth-order valence-corrected chi connectivity index (χ4v) is 1.93. The first kappa shape index (κ1) is 18.4. The number of nitrogens with zero attached hydrogens (tertiary/aromatic N) is 1. The number of hydroxylamine groups is 1. The molecule has 132 valence electrons. The first-order valence-electron chi connectivity index (χ1n) is 8.00. The molecule has 0 radical (unpaired) electrons. The van der Waals surface area contributed by atoms with Crippen LogP contribution < -0.4 is 16.1 Å². The first-order valence-corrected chi connectivity index (χ1v) is 8.00. The Labute approximate surface area is 146 Å². The lowest BCUT2D eigenvalue weighted by Gasteiger charge is -2.10. The third-order valence-electron chi connectivity index (χ3n) is 3.20. The zero-order valence-corrected chi connectivity index (χ0v) is 14.3. The zero-order valence-electron chi connectivity index (χ0n) is 14.3. The Kier molecular flexibility index (Phi) is 6.91. The third-order valence-corrected chi connectivity index (χ3v) is 3.20. The number of hydrogen-bond acceptors (Lipinski definition) is 4. The van der Waals surface area contributed by atoms with Gasteiger partial charge in [-0.3, -0.25) is 14.6 Å². The Balaban J connectivity index is 1.76. The van der Waals surface area contributed by atoms with Crippen LogP contribution in [0.4, 0.5) is 10.5 Å². The Morgan fingerprint density at radius 2 is 1.92 bits per heavy atom. The van der Waals surface area contributed by atoms with Crippen LogP contribution in [0.1, 0.15) is 29.8 Å². The van der Waals surface area contributed by atoms with Gasteiger partial charge in [0, 0.05) is 30.2 Å². The Morgan fingerprint density at radius 1 is 1.16 bits per heavy atom. The van der Waals surface area contributed by atoms with Crippen LogP contribution in [-0.4, -0.2) is 23.5 Å². The van der Waals surface area contributed by atoms with Gasteiger partial charge in [-0.05, 0) is 41.8 Å². The molecule has 0 spiro atoms. The summed E-state index contributed by atoms with van der Waals surface area (Å²) in [7, 11) is 0. The van der Waals surface area contributed by atoms with Crippen LogP contribution >= 0.6 is 0 Å². The number of anilines is 1. The van der Waals surface area contributed by atoms with Gasteiger partial charge in [0.2, 0.25) is 0 Å². The van der Waals surface area contributed by atoms with E-state index in [2.05, 4.69) is 21.1 Å². The molecule has 0 aliphatic carbocycles. The van der Waals surface area contributed by atoms with Gasteiger partial charge in [0.15, 0.2) is 0 Å². The van der Waals surface area contributed by atoms with E-state index in [1.165, 1.54) is 0 Å². The number of aromatic nitrogens is 1. The molecule has 0 saturated carbocycles. The van der Waals surface area contributed by atoms with Crippen LogP contribution in [0, 0.1) is 5.92 Å². The average Bonchev–Trinajstić information content (AvgIpc) is 2.61. The number of pyridine rings is 1. The van der Waals surface area contributed by atoms with Crippen molar-refractivity contribution in [1.29, 1.82) is 0 Å². The largest absolute Gasteiger partial charge is 0.352 e. The lowest BCUT2D eigenvalue weighted by atomic mass is 10.1. The van der Waals surface area contributed by atoms with Crippen molar-refractivity contribution in [3.8, 4) is 0 Å². The van der Waals surface area contributed by atoms with E-state index in [-0.39, 0.29) is 12.5 Å². The van der Waals surface area contributed by atoms with Crippen LogP contribution in [-0.2, 0) is 11.4 Å². The smallest absolute Gasteiger partial charge is 0.343 e. The van der Waals surface area contributed by atoms with Crippen molar-refractivity contribution in [3.05, 3.63) is 59.9 Å². The van der Waals surface area contributed by atoms with Crippen molar-refractivity contribution in [3.63, 3.8) is 0 Å². The zero-order chi connectivity index (χ0) is 18.1. The highest BCUT2D eigenvalue weighted by Crippen LogP contribution is 2.09. The second kappa shape index (κ2) is 9.39. The number of nitrogens with one attached hydrogen (secondary N) is 3. The SMILES string of the molecule is CC(C)CNC(=O)c1ccc(NC(=O)NOCc2cccnc2)cc1. The van der Waals surface area contributed by atoms with Crippen molar-refractivity contribution < 1.29 is 14.4 Å². The highest BCUT2D eigenvalue weighted by molar-refractivity contribution is 5.95. The van der Waals surface area contributed by atoms with E-state index in [0.717, 1.165) is 5.56 Å². The van der Waals surface area contributed by atoms with E-state index in [1.54, 1.807) is 42.7 Å². The second-order valence-corrected chi connectivity index (χ2v) is 5.89. The average molecular weight is 342 g/mol. The van der Waals surface area contributed by atoms with Gasteiger partial charge in [0.05, 0.1) is 0 Å². The molecule has 0 saturated heterocycles. The maximum absolute atomic E-state index is 11.9. The molecule has 1 aromatic carbocycles. The van der Waals surface area contributed by atoms with Crippen LogP contribution in [0.25, 0.3) is 0 Å². The van der Waals surface area contributed by atoms with E-state index in [0.29, 0.717) is 23.7 Å². The summed E-state index contributed by atoms with van der Waals surface area (Å²) in [5, 5.41) is 5.46. The molecule has 0 unspecified atom stereocenters. The normalized spacial score (nSPS) is 10.4. The highest BCUT2D eigenvalue weighted by atomic mass is 16.7. The Bertz CT molecular complexity index is 687. The van der Waals surface area contributed by atoms with Crippen LogP contribution in [0.3, 0.4) is 0 Å². The predicted octanol–water partition coefficient (Wildman–Crippen LogP) is 2.72. The van der Waals surface area contributed by atoms with Crippen molar-refractivity contribution in [2.45, 2.75) is 20.5 Å². The summed E-state index contributed by atoms with van der Waals surface area (Å²) in [6.45, 7) is 4.90. The van der Waals surface area contributed by atoms with E-state index < -0.39 is 6.03 Å². The number of rotatable bonds is 7. The van der Waals surface area contributed by atoms with Crippen LogP contribution in [0.2, 0.25) is 0 Å². The quantitative estimate of drug-likeness (QED) is 0.675. The topological polar surface area (TPSA) is 92.4 Å². The molecule has 25 heavy (non-hydrogen) atoms. The molecule has 2 rings (SSSR count). The summed E-state index contributed by atoms with van der Waals surface area (Å²) < 4.78 is 0. The van der Waals surface area contributed by atoms with Gasteiger partial charge in [-0.2, -0.15) is 0 Å². The third kappa shape index (κ3) is 6.60. The van der Waals surface area contributed by atoms with Gasteiger partial charge in [-0.25, -0.2) is 10.3 Å². The minimum absolute atomic E-state index is 0.135. The van der Waals surface area contributed by atoms with Gasteiger partial charge in [-0.15, -0.1) is 0 Å². The standard InChI is InChI=1S/C18H22N4O3/c1-13(2)10-20-17(23)15-5-7-16(8-6-15)21-18(24)22-25-12-14-4-3-9-19-11-14/h3-9,11,13H,10,12H2,1-2H3,(H,20,23)(H2,21,22,24). The van der Waals surface area contributed by atoms with Crippen molar-refractivity contribution in [1.82, 2.24) is 15.8 Å². The monoisotopic (exact) mass is 342 g/mol. The number of carbonyl (C=O) groups excluding carboxylic acids is 2. The van der Waals surface area contributed by atoms with Crippen molar-refractivity contribution in [2.75, 3.05) is 11.9 Å². The summed E-state index contributed by atoms with van der Waals surface area (Å²) >= 11 is 0. The summed E-state index contributed by atoms with van der Waals surface area (Å²) in [4.78, 5) is 32.7. The fraction of sp³-hybridized carbons (Fsp3) is 0.278. The molecule has 7 heteroatoms. The molecule has 1 aromatic heterocycles. The Hall–Kier alpha value is -2.93. The van der Waals surface area contributed by atoms with E-state index in [1.807, 2.05) is 19.9 Å². The lowest BCUT2D eigenvalue weighted by Crippen LogP contribution is -2.29. The number of hydrogen-bond donors (Lipinski definition) is 3. The maximum Gasteiger partial charge on any atom is 0.343 e. The van der Waals surface area contributed by atoms with Crippen molar-refractivity contribution in [2.24, 2.45) is 5.92 Å². The fourth-order valence-electron chi connectivity index (χ4n) is 1.93. The molecular formula is C18H22N4O3. The van der Waals surface area contributed by atoms with Gasteiger partial charge in [0.1, 0.15) is 6.61 Å². The minimum atomic E-state index is -0.499. The van der Waals surface area contributed by atoms with E-state index in [9.17, 15) is 9.59 Å². The molecular weight excluding hydrogens is 320 g/mol. The van der Waals surface area contributed by atoms with Gasteiger partial charge in [0.25, 0.3) is 5.91 Å². The number of amides is 3. The van der Waals surface area contributed by atoms with Gasteiger partial charge in [-0.1, -0.05) is 19.9 Å². The molecule has 3 amide bonds. The van der Waals surface area contributed by atoms with E-state index >= 15 is 0 Å². The summed E-state index contributed by atoms with van der Waals surface area (Å²) in [6.07, 6.45) is 3.32. The second-order valence-electron chi connectivity index (χ2n) is 5.89. The highest BCUT2D eigenvalue weighted by Gasteiger charge is 2.07. The number of benzene rings is 1. The number of urea groups is 1. The molecule has 0 bridgehead atoms. The predicted molar refractivity (Wildman–Crippen MR) is 94.8 cm³/mol. The van der Waals surface area contributed by atoms with Crippen LogP contribution in [0.15, 0.2) is 48.8 Å².